The Morgan fingerprint density at radius 2 is 1.80 bits per heavy atom. The molecule has 0 spiro atoms. The molecule has 6 rings (SSSR count). The van der Waals surface area contributed by atoms with Crippen molar-refractivity contribution in [1.82, 2.24) is 24.5 Å². The Hall–Kier alpha value is -4.77. The van der Waals surface area contributed by atoms with Gasteiger partial charge < -0.3 is 15.2 Å². The Morgan fingerprint density at radius 3 is 2.54 bits per heavy atom. The molecule has 2 aromatic heterocycles. The summed E-state index contributed by atoms with van der Waals surface area (Å²) in [5.41, 5.74) is 12.9. The maximum absolute atomic E-state index is 14.0. The highest BCUT2D eigenvalue weighted by molar-refractivity contribution is 7.99. The molecule has 1 unspecified atom stereocenters. The van der Waals surface area contributed by atoms with E-state index in [1.54, 1.807) is 49.2 Å². The highest BCUT2D eigenvalue weighted by Crippen LogP contribution is 2.44. The van der Waals surface area contributed by atoms with E-state index in [2.05, 4.69) is 9.99 Å². The summed E-state index contributed by atoms with van der Waals surface area (Å²) in [6.45, 7) is 0.505. The molecule has 0 radical (unpaired) electrons. The quantitative estimate of drug-likeness (QED) is 0.325. The first kappa shape index (κ1) is 26.5. The molecule has 0 fully saturated rings. The molecule has 4 heterocycles. The first-order valence-corrected chi connectivity index (χ1v) is 14.0. The number of urea groups is 1. The number of aromatic nitrogens is 2. The van der Waals surface area contributed by atoms with Crippen molar-refractivity contribution in [2.75, 3.05) is 20.6 Å². The van der Waals surface area contributed by atoms with Crippen molar-refractivity contribution in [2.24, 2.45) is 5.73 Å². The number of carbonyl (C=O) groups excluding carboxylic acids is 3. The second-order valence-electron chi connectivity index (χ2n) is 10.1. The van der Waals surface area contributed by atoms with Gasteiger partial charge in [0.25, 0.3) is 0 Å². The molecule has 41 heavy (non-hydrogen) atoms. The van der Waals surface area contributed by atoms with Gasteiger partial charge in [-0.25, -0.2) is 19.4 Å². The number of benzene rings is 2. The van der Waals surface area contributed by atoms with E-state index in [-0.39, 0.29) is 23.0 Å². The average molecular weight is 571 g/mol. The number of primary amides is 1. The van der Waals surface area contributed by atoms with Crippen LogP contribution in [0.1, 0.15) is 27.0 Å². The molecule has 1 atom stereocenters. The van der Waals surface area contributed by atoms with E-state index in [0.29, 0.717) is 34.3 Å². The smallest absolute Gasteiger partial charge is 0.330 e. The molecule has 0 saturated heterocycles. The van der Waals surface area contributed by atoms with Crippen molar-refractivity contribution in [3.63, 3.8) is 0 Å². The minimum absolute atomic E-state index is 0.0739. The van der Waals surface area contributed by atoms with Crippen molar-refractivity contribution in [2.45, 2.75) is 11.1 Å². The molecule has 3 N–H and O–H groups in total. The summed E-state index contributed by atoms with van der Waals surface area (Å²) in [5, 5.41) is 2.21. The molecular weight excluding hydrogens is 543 g/mol. The van der Waals surface area contributed by atoms with Crippen LogP contribution in [-0.2, 0) is 5.75 Å². The SMILES string of the molecule is CN(C)C(=O)n1cc(C(=O)c2ccn3c2CSC3C2=CN(NC(N)=O)CC=C2)c2ccc(-c3ccc(F)cc3)cc21. The van der Waals surface area contributed by atoms with E-state index in [9.17, 15) is 18.8 Å². The zero-order valence-electron chi connectivity index (χ0n) is 22.4. The Balaban J connectivity index is 1.38. The summed E-state index contributed by atoms with van der Waals surface area (Å²) < 4.78 is 17.1. The average Bonchev–Trinajstić information content (AvgIpc) is 3.66. The van der Waals surface area contributed by atoms with Crippen LogP contribution >= 0.6 is 11.8 Å². The van der Waals surface area contributed by atoms with Gasteiger partial charge in [-0.05, 0) is 35.4 Å². The molecule has 11 heteroatoms. The zero-order chi connectivity index (χ0) is 28.8. The number of nitrogens with two attached hydrogens (primary N) is 1. The number of ketones is 1. The predicted molar refractivity (Wildman–Crippen MR) is 157 cm³/mol. The number of rotatable bonds is 5. The number of carbonyl (C=O) groups is 3. The van der Waals surface area contributed by atoms with E-state index < -0.39 is 6.03 Å². The molecular formula is C30H27FN6O3S. The molecule has 208 valence electrons. The van der Waals surface area contributed by atoms with E-state index in [0.717, 1.165) is 22.4 Å². The van der Waals surface area contributed by atoms with Gasteiger partial charge in [0.1, 0.15) is 11.2 Å². The number of hydrogen-bond donors (Lipinski definition) is 2. The number of fused-ring (bicyclic) bond motifs is 2. The van der Waals surface area contributed by atoms with Crippen molar-refractivity contribution in [3.8, 4) is 11.1 Å². The first-order valence-electron chi connectivity index (χ1n) is 12.9. The van der Waals surface area contributed by atoms with Crippen LogP contribution < -0.4 is 11.2 Å². The topological polar surface area (TPSA) is 106 Å². The van der Waals surface area contributed by atoms with Crippen LogP contribution in [0.5, 0.6) is 0 Å². The van der Waals surface area contributed by atoms with Gasteiger partial charge >= 0.3 is 12.1 Å². The second kappa shape index (κ2) is 10.3. The number of hydrazine groups is 1. The van der Waals surface area contributed by atoms with Gasteiger partial charge in [0.2, 0.25) is 0 Å². The van der Waals surface area contributed by atoms with Gasteiger partial charge in [-0.2, -0.15) is 0 Å². The fourth-order valence-electron chi connectivity index (χ4n) is 5.25. The van der Waals surface area contributed by atoms with Gasteiger partial charge in [-0.1, -0.05) is 36.4 Å². The van der Waals surface area contributed by atoms with Crippen LogP contribution in [0.2, 0.25) is 0 Å². The van der Waals surface area contributed by atoms with Crippen molar-refractivity contribution < 1.29 is 18.8 Å². The molecule has 9 nitrogen and oxygen atoms in total. The lowest BCUT2D eigenvalue weighted by atomic mass is 10.00. The summed E-state index contributed by atoms with van der Waals surface area (Å²) in [6.07, 6.45) is 9.30. The Kier molecular flexibility index (Phi) is 6.66. The molecule has 2 aliphatic rings. The normalized spacial score (nSPS) is 16.0. The molecule has 4 aromatic rings. The number of amides is 3. The van der Waals surface area contributed by atoms with Crippen LogP contribution in [-0.4, -0.2) is 57.5 Å². The Morgan fingerprint density at radius 1 is 1.05 bits per heavy atom. The van der Waals surface area contributed by atoms with Crippen LogP contribution in [0.4, 0.5) is 14.0 Å². The van der Waals surface area contributed by atoms with E-state index in [1.807, 2.05) is 48.8 Å². The van der Waals surface area contributed by atoms with Gasteiger partial charge in [-0.3, -0.25) is 14.4 Å². The highest BCUT2D eigenvalue weighted by Gasteiger charge is 2.31. The predicted octanol–water partition coefficient (Wildman–Crippen LogP) is 5.09. The molecule has 0 saturated carbocycles. The molecule has 0 bridgehead atoms. The monoisotopic (exact) mass is 570 g/mol. The third kappa shape index (κ3) is 4.78. The van der Waals surface area contributed by atoms with Crippen LogP contribution in [0.3, 0.4) is 0 Å². The molecule has 3 amide bonds. The fourth-order valence-corrected chi connectivity index (χ4v) is 6.56. The summed E-state index contributed by atoms with van der Waals surface area (Å²) in [6, 6.07) is 12.6. The van der Waals surface area contributed by atoms with Crippen LogP contribution in [0, 0.1) is 5.82 Å². The maximum Gasteiger partial charge on any atom is 0.330 e. The fraction of sp³-hybridized carbons (Fsp3) is 0.167. The van der Waals surface area contributed by atoms with E-state index >= 15 is 0 Å². The lowest BCUT2D eigenvalue weighted by Gasteiger charge is -2.25. The molecule has 0 aliphatic carbocycles. The minimum Gasteiger partial charge on any atom is -0.350 e. The number of nitrogens with one attached hydrogen (secondary N) is 1. The number of halogens is 1. The molecule has 2 aliphatic heterocycles. The lowest BCUT2D eigenvalue weighted by molar-refractivity contribution is 0.103. The number of hydrogen-bond acceptors (Lipinski definition) is 5. The van der Waals surface area contributed by atoms with Gasteiger partial charge in [0, 0.05) is 66.2 Å². The second-order valence-corrected chi connectivity index (χ2v) is 11.1. The van der Waals surface area contributed by atoms with E-state index in [4.69, 9.17) is 5.73 Å². The van der Waals surface area contributed by atoms with Crippen LogP contribution in [0.25, 0.3) is 22.0 Å². The van der Waals surface area contributed by atoms with Crippen LogP contribution in [0.15, 0.2) is 84.8 Å². The van der Waals surface area contributed by atoms with E-state index in [1.165, 1.54) is 21.6 Å². The largest absolute Gasteiger partial charge is 0.350 e. The third-order valence-electron chi connectivity index (χ3n) is 7.17. The van der Waals surface area contributed by atoms with Gasteiger partial charge in [0.05, 0.1) is 12.1 Å². The van der Waals surface area contributed by atoms with Gasteiger partial charge in [0.15, 0.2) is 5.78 Å². The standard InChI is InChI=1S/C30H27FN6O3S/c1-34(2)30(40)37-16-24(22-10-7-19(14-25(22)37)18-5-8-21(31)9-6-18)27(38)23-11-13-36-26(23)17-41-28(36)20-4-3-12-35(15-20)33-29(32)39/h3-11,13-16,28H,12,17H2,1-2H3,(H3,32,33,39). The molecule has 2 aromatic carbocycles. The third-order valence-corrected chi connectivity index (χ3v) is 8.43. The Bertz CT molecular complexity index is 1770. The summed E-state index contributed by atoms with van der Waals surface area (Å²) in [4.78, 5) is 39.9. The van der Waals surface area contributed by atoms with Gasteiger partial charge in [-0.15, -0.1) is 11.8 Å². The number of nitrogens with zero attached hydrogens (tertiary/aromatic N) is 4. The zero-order valence-corrected chi connectivity index (χ0v) is 23.2. The number of allylic oxidation sites excluding steroid dienone is 1. The summed E-state index contributed by atoms with van der Waals surface area (Å²) >= 11 is 1.68. The first-order chi connectivity index (χ1) is 19.7. The maximum atomic E-state index is 14.0. The van der Waals surface area contributed by atoms with Crippen molar-refractivity contribution >= 4 is 40.5 Å². The van der Waals surface area contributed by atoms with Crippen molar-refractivity contribution in [3.05, 3.63) is 107 Å². The lowest BCUT2D eigenvalue weighted by Crippen LogP contribution is -2.42. The summed E-state index contributed by atoms with van der Waals surface area (Å²) in [5.74, 6) is 0.122. The van der Waals surface area contributed by atoms with Crippen molar-refractivity contribution in [1.29, 1.82) is 0 Å². The summed E-state index contributed by atoms with van der Waals surface area (Å²) in [7, 11) is 3.32. The number of thioether (sulfide) groups is 1. The Labute approximate surface area is 239 Å². The highest BCUT2D eigenvalue weighted by atomic mass is 32.2. The minimum atomic E-state index is -0.638.